The van der Waals surface area contributed by atoms with Gasteiger partial charge < -0.3 is 36.2 Å². The number of ketones is 1. The molecule has 0 bridgehead atoms. The van der Waals surface area contributed by atoms with Crippen molar-refractivity contribution in [2.24, 2.45) is 29.1 Å². The third-order valence-corrected chi connectivity index (χ3v) is 11.8. The first-order chi connectivity index (χ1) is 24.4. The Hall–Kier alpha value is -3.64. The standard InChI is InChI=1S/C38H62N6O7/c1-6-9-20-27(32(45)34(47)40-21-7-2)41-33(46)31-29-26(38(29,4)5)22-44(31)35(48)30(25-18-14-11-15-19-25)43-36(49)42-28(23-51-37(50)39-8-3)24-16-12-10-13-17-24/h7,24-31H,2,6,8-23H2,1,3-5H3,(H,39,50)(H,40,47)(H,41,46)(H2,42,43,49)/t26?,27?,28-,29?,30+,31+/m1/s1. The third-order valence-electron chi connectivity index (χ3n) is 11.8. The third kappa shape index (κ3) is 10.2. The number of piperidine rings is 1. The minimum absolute atomic E-state index is 0.0301. The quantitative estimate of drug-likeness (QED) is 0.112. The van der Waals surface area contributed by atoms with Crippen molar-refractivity contribution >= 4 is 35.6 Å². The van der Waals surface area contributed by atoms with Crippen LogP contribution in [0.4, 0.5) is 9.59 Å². The monoisotopic (exact) mass is 714 g/mol. The van der Waals surface area contributed by atoms with E-state index in [1.165, 1.54) is 6.08 Å². The summed E-state index contributed by atoms with van der Waals surface area (Å²) >= 11 is 0. The van der Waals surface area contributed by atoms with E-state index in [9.17, 15) is 28.8 Å². The molecular weight excluding hydrogens is 652 g/mol. The molecule has 3 saturated carbocycles. The number of carbonyl (C=O) groups is 6. The van der Waals surface area contributed by atoms with Crippen molar-refractivity contribution in [3.8, 4) is 0 Å². The van der Waals surface area contributed by atoms with Gasteiger partial charge in [-0.15, -0.1) is 6.58 Å². The lowest BCUT2D eigenvalue weighted by molar-refractivity contribution is -0.144. The minimum atomic E-state index is -1.02. The van der Waals surface area contributed by atoms with Gasteiger partial charge in [-0.2, -0.15) is 0 Å². The zero-order valence-electron chi connectivity index (χ0n) is 31.2. The van der Waals surface area contributed by atoms with Crippen molar-refractivity contribution in [3.05, 3.63) is 12.7 Å². The van der Waals surface area contributed by atoms with Crippen LogP contribution in [0.2, 0.25) is 0 Å². The second kappa shape index (κ2) is 18.7. The SMILES string of the molecule is C=CCNC(=O)C(=O)C(CCCC)NC(=O)[C@@H]1C2C(CN1C(=O)[C@@H](NC(=O)N[C@H](COC(=O)NCC)C1CCCCC1)C1CCCCC1)C2(C)C. The number of hydrogen-bond acceptors (Lipinski definition) is 7. The molecule has 5 N–H and O–H groups in total. The van der Waals surface area contributed by atoms with Gasteiger partial charge in [0.1, 0.15) is 18.7 Å². The van der Waals surface area contributed by atoms with Gasteiger partial charge in [0.15, 0.2) is 0 Å². The summed E-state index contributed by atoms with van der Waals surface area (Å²) in [7, 11) is 0. The molecule has 4 aliphatic rings. The van der Waals surface area contributed by atoms with Crippen molar-refractivity contribution in [2.75, 3.05) is 26.2 Å². The number of likely N-dealkylation sites (tertiary alicyclic amines) is 1. The largest absolute Gasteiger partial charge is 0.447 e. The van der Waals surface area contributed by atoms with E-state index < -0.39 is 53.9 Å². The maximum Gasteiger partial charge on any atom is 0.407 e. The van der Waals surface area contributed by atoms with Crippen LogP contribution in [0.15, 0.2) is 12.7 Å². The molecule has 0 aromatic heterocycles. The molecule has 51 heavy (non-hydrogen) atoms. The van der Waals surface area contributed by atoms with Crippen LogP contribution in [0.25, 0.3) is 0 Å². The van der Waals surface area contributed by atoms with Crippen LogP contribution in [0.3, 0.4) is 0 Å². The van der Waals surface area contributed by atoms with Gasteiger partial charge in [-0.05, 0) is 68.1 Å². The highest BCUT2D eigenvalue weighted by molar-refractivity contribution is 6.38. The number of nitrogens with one attached hydrogen (secondary N) is 5. The number of amides is 6. The van der Waals surface area contributed by atoms with E-state index in [4.69, 9.17) is 4.74 Å². The first-order valence-electron chi connectivity index (χ1n) is 19.5. The normalized spacial score (nSPS) is 24.5. The van der Waals surface area contributed by atoms with Crippen LogP contribution in [0.1, 0.15) is 111 Å². The van der Waals surface area contributed by atoms with E-state index in [0.717, 1.165) is 70.6 Å². The van der Waals surface area contributed by atoms with Gasteiger partial charge in [0.2, 0.25) is 17.6 Å². The predicted octanol–water partition coefficient (Wildman–Crippen LogP) is 3.96. The fraction of sp³-hybridized carbons (Fsp3) is 0.789. The van der Waals surface area contributed by atoms with Gasteiger partial charge in [0, 0.05) is 19.6 Å². The molecule has 0 spiro atoms. The second-order valence-corrected chi connectivity index (χ2v) is 15.6. The molecular formula is C38H62N6O7. The molecule has 13 heteroatoms. The van der Waals surface area contributed by atoms with Crippen LogP contribution in [0.5, 0.6) is 0 Å². The Labute approximate surface area is 303 Å². The maximum absolute atomic E-state index is 14.7. The average Bonchev–Trinajstić information content (AvgIpc) is 3.43. The fourth-order valence-electron chi connectivity index (χ4n) is 8.73. The summed E-state index contributed by atoms with van der Waals surface area (Å²) in [6.45, 7) is 12.5. The van der Waals surface area contributed by atoms with E-state index in [-0.39, 0.29) is 48.1 Å². The molecule has 0 aromatic rings. The molecule has 1 aliphatic heterocycles. The molecule has 1 saturated heterocycles. The number of fused-ring (bicyclic) bond motifs is 1. The number of urea groups is 1. The van der Waals surface area contributed by atoms with Crippen molar-refractivity contribution in [1.82, 2.24) is 31.5 Å². The Morgan fingerprint density at radius 3 is 2.14 bits per heavy atom. The Kier molecular flexibility index (Phi) is 14.7. The summed E-state index contributed by atoms with van der Waals surface area (Å²) in [5.74, 6) is -2.21. The molecule has 6 amide bonds. The van der Waals surface area contributed by atoms with Crippen LogP contribution in [-0.2, 0) is 23.9 Å². The second-order valence-electron chi connectivity index (χ2n) is 15.6. The molecule has 3 aliphatic carbocycles. The molecule has 286 valence electrons. The molecule has 0 radical (unpaired) electrons. The molecule has 0 aromatic carbocycles. The number of rotatable bonds is 17. The van der Waals surface area contributed by atoms with Crippen molar-refractivity contribution in [1.29, 1.82) is 0 Å². The molecule has 3 unspecified atom stereocenters. The van der Waals surface area contributed by atoms with Gasteiger partial charge in [-0.3, -0.25) is 19.2 Å². The summed E-state index contributed by atoms with van der Waals surface area (Å²) in [6, 6.07) is -3.59. The van der Waals surface area contributed by atoms with Crippen molar-refractivity contribution in [2.45, 2.75) is 135 Å². The van der Waals surface area contributed by atoms with Gasteiger partial charge in [-0.1, -0.05) is 78.2 Å². The maximum atomic E-state index is 14.7. The zero-order valence-corrected chi connectivity index (χ0v) is 31.2. The minimum Gasteiger partial charge on any atom is -0.447 e. The molecule has 4 rings (SSSR count). The predicted molar refractivity (Wildman–Crippen MR) is 193 cm³/mol. The highest BCUT2D eigenvalue weighted by Gasteiger charge is 2.69. The van der Waals surface area contributed by atoms with E-state index in [1.807, 2.05) is 6.92 Å². The number of ether oxygens (including phenoxy) is 1. The van der Waals surface area contributed by atoms with E-state index in [2.05, 4.69) is 47.0 Å². The number of hydrogen-bond donors (Lipinski definition) is 5. The van der Waals surface area contributed by atoms with E-state index in [1.54, 1.807) is 11.8 Å². The number of carbonyl (C=O) groups excluding carboxylic acids is 6. The summed E-state index contributed by atoms with van der Waals surface area (Å²) in [4.78, 5) is 82.1. The van der Waals surface area contributed by atoms with Crippen LogP contribution in [-0.4, -0.2) is 90.9 Å². The number of alkyl carbamates (subject to hydrolysis) is 1. The van der Waals surface area contributed by atoms with Crippen molar-refractivity contribution in [3.63, 3.8) is 0 Å². The molecule has 6 atom stereocenters. The lowest BCUT2D eigenvalue weighted by Gasteiger charge is -2.37. The van der Waals surface area contributed by atoms with E-state index >= 15 is 0 Å². The smallest absolute Gasteiger partial charge is 0.407 e. The first kappa shape index (κ1) is 40.1. The summed E-state index contributed by atoms with van der Waals surface area (Å²) < 4.78 is 5.47. The van der Waals surface area contributed by atoms with Gasteiger partial charge in [0.05, 0.1) is 12.1 Å². The summed E-state index contributed by atoms with van der Waals surface area (Å²) in [5.41, 5.74) is -0.175. The summed E-state index contributed by atoms with van der Waals surface area (Å²) in [5, 5.41) is 14.1. The molecule has 4 fully saturated rings. The van der Waals surface area contributed by atoms with E-state index in [0.29, 0.717) is 25.9 Å². The van der Waals surface area contributed by atoms with Gasteiger partial charge >= 0.3 is 12.1 Å². The average molecular weight is 715 g/mol. The van der Waals surface area contributed by atoms with Gasteiger partial charge in [-0.25, -0.2) is 9.59 Å². The lowest BCUT2D eigenvalue weighted by atomic mass is 9.83. The van der Waals surface area contributed by atoms with Crippen LogP contribution in [0, 0.1) is 29.1 Å². The lowest BCUT2D eigenvalue weighted by Crippen LogP contribution is -2.61. The van der Waals surface area contributed by atoms with Gasteiger partial charge in [0.25, 0.3) is 5.91 Å². The Morgan fingerprint density at radius 2 is 1.53 bits per heavy atom. The first-order valence-corrected chi connectivity index (χ1v) is 19.5. The topological polar surface area (TPSA) is 175 Å². The number of Topliss-reactive ketones (excluding diaryl/α,β-unsaturated/α-hetero) is 1. The van der Waals surface area contributed by atoms with Crippen LogP contribution < -0.4 is 26.6 Å². The zero-order chi connectivity index (χ0) is 37.1. The summed E-state index contributed by atoms with van der Waals surface area (Å²) in [6.07, 6.45) is 12.2. The Morgan fingerprint density at radius 1 is 0.882 bits per heavy atom. The number of nitrogens with zero attached hydrogens (tertiary/aromatic N) is 1. The highest BCUT2D eigenvalue weighted by atomic mass is 16.5. The Balaban J connectivity index is 1.53. The highest BCUT2D eigenvalue weighted by Crippen LogP contribution is 2.65. The Bertz CT molecular complexity index is 1260. The number of unbranched alkanes of at least 4 members (excludes halogenated alkanes) is 1. The fourth-order valence-corrected chi connectivity index (χ4v) is 8.73. The van der Waals surface area contributed by atoms with Crippen LogP contribution >= 0.6 is 0 Å². The van der Waals surface area contributed by atoms with Crippen molar-refractivity contribution < 1.29 is 33.5 Å². The molecule has 13 nitrogen and oxygen atoms in total. The molecule has 1 heterocycles.